The highest BCUT2D eigenvalue weighted by Crippen LogP contribution is 2.11. The zero-order valence-electron chi connectivity index (χ0n) is 8.55. The van der Waals surface area contributed by atoms with E-state index in [2.05, 4.69) is 21.4 Å². The minimum absolute atomic E-state index is 0.163. The first kappa shape index (κ1) is 15.9. The lowest BCUT2D eigenvalue weighted by atomic mass is 10.2. The summed E-state index contributed by atoms with van der Waals surface area (Å²) in [7, 11) is 7.36. The molecule has 0 aliphatic rings. The lowest BCUT2D eigenvalue weighted by Crippen LogP contribution is -2.02. The van der Waals surface area contributed by atoms with Gasteiger partial charge in [0.05, 0.1) is 5.56 Å². The van der Waals surface area contributed by atoms with Crippen molar-refractivity contribution in [3.05, 3.63) is 29.8 Å². The van der Waals surface area contributed by atoms with E-state index in [9.17, 15) is 9.59 Å². The molecule has 1 aromatic rings. The fourth-order valence-electron chi connectivity index (χ4n) is 0.832. The summed E-state index contributed by atoms with van der Waals surface area (Å²) in [4.78, 5) is 20.9. The average Bonchev–Trinajstić information content (AvgIpc) is 2.16. The van der Waals surface area contributed by atoms with Crippen molar-refractivity contribution in [2.45, 2.75) is 6.92 Å². The van der Waals surface area contributed by atoms with Crippen LogP contribution in [0.4, 0.5) is 0 Å². The normalized spacial score (nSPS) is 9.18. The minimum atomic E-state index is -1.67. The quantitative estimate of drug-likeness (QED) is 0.515. The molecule has 0 fully saturated rings. The minimum Gasteiger partial charge on any atom is -0.478 e. The highest BCUT2D eigenvalue weighted by molar-refractivity contribution is 8.26. The molecule has 1 rings (SSSR count). The highest BCUT2D eigenvalue weighted by atomic mass is 36.0. The molecule has 0 heterocycles. The molecule has 0 spiro atoms. The second-order valence-corrected chi connectivity index (χ2v) is 5.13. The van der Waals surface area contributed by atoms with Crippen LogP contribution in [0.1, 0.15) is 17.3 Å². The van der Waals surface area contributed by atoms with Crippen LogP contribution in [0.3, 0.4) is 0 Å². The number of rotatable bonds is 2. The van der Waals surface area contributed by atoms with Gasteiger partial charge < -0.3 is 9.84 Å². The van der Waals surface area contributed by atoms with Crippen LogP contribution in [0.2, 0.25) is 0 Å². The van der Waals surface area contributed by atoms with Gasteiger partial charge in [0.1, 0.15) is 5.75 Å². The van der Waals surface area contributed by atoms with Crippen molar-refractivity contribution in [2.75, 3.05) is 0 Å². The number of esters is 1. The Morgan fingerprint density at radius 1 is 1.24 bits per heavy atom. The van der Waals surface area contributed by atoms with Crippen LogP contribution >= 0.6 is 21.4 Å². The van der Waals surface area contributed by atoms with Crippen molar-refractivity contribution in [1.29, 1.82) is 0 Å². The van der Waals surface area contributed by atoms with Crippen LogP contribution in [-0.4, -0.2) is 21.3 Å². The number of hydrogen-bond donors (Lipinski definition) is 1. The third-order valence-electron chi connectivity index (χ3n) is 1.36. The van der Waals surface area contributed by atoms with Crippen LogP contribution in [0.25, 0.3) is 0 Å². The third kappa shape index (κ3) is 8.67. The molecular weight excluding hydrogens is 291 g/mol. The van der Waals surface area contributed by atoms with Gasteiger partial charge in [0.15, 0.2) is 0 Å². The van der Waals surface area contributed by atoms with Crippen LogP contribution in [-0.2, 0) is 14.0 Å². The number of carboxylic acids is 1. The molecule has 0 amide bonds. The van der Waals surface area contributed by atoms with Crippen LogP contribution in [0, 0.1) is 0 Å². The molecule has 0 bridgehead atoms. The number of carbonyl (C=O) groups is 2. The lowest BCUT2D eigenvalue weighted by molar-refractivity contribution is -0.131. The maximum Gasteiger partial charge on any atom is 0.335 e. The molecule has 0 atom stereocenters. The van der Waals surface area contributed by atoms with E-state index in [1.54, 1.807) is 0 Å². The van der Waals surface area contributed by atoms with Gasteiger partial charge in [-0.2, -0.15) is 0 Å². The topological polar surface area (TPSA) is 80.7 Å². The molecule has 5 nitrogen and oxygen atoms in total. The molecule has 0 saturated carbocycles. The molecule has 0 aromatic heterocycles. The van der Waals surface area contributed by atoms with E-state index < -0.39 is 21.2 Å². The zero-order valence-corrected chi connectivity index (χ0v) is 10.9. The van der Waals surface area contributed by atoms with E-state index in [1.165, 1.54) is 31.2 Å². The number of hydrogen-bond acceptors (Lipinski definition) is 4. The number of halogens is 2. The van der Waals surface area contributed by atoms with Crippen molar-refractivity contribution in [3.63, 3.8) is 0 Å². The zero-order chi connectivity index (χ0) is 13.4. The Morgan fingerprint density at radius 2 is 1.65 bits per heavy atom. The van der Waals surface area contributed by atoms with Crippen LogP contribution in [0.15, 0.2) is 24.3 Å². The SMILES string of the molecule is CC(=O)Oc1ccc(C(=O)O)cc1.O=S(Cl)Cl. The van der Waals surface area contributed by atoms with Gasteiger partial charge in [0.2, 0.25) is 9.23 Å². The van der Waals surface area contributed by atoms with E-state index in [-0.39, 0.29) is 5.56 Å². The molecule has 94 valence electrons. The summed E-state index contributed by atoms with van der Waals surface area (Å²) in [5.74, 6) is -1.09. The number of carboxylic acid groups (broad SMARTS) is 1. The fraction of sp³-hybridized carbons (Fsp3) is 0.111. The Labute approximate surface area is 109 Å². The van der Waals surface area contributed by atoms with Gasteiger partial charge >= 0.3 is 11.9 Å². The Morgan fingerprint density at radius 3 is 1.94 bits per heavy atom. The largest absolute Gasteiger partial charge is 0.478 e. The van der Waals surface area contributed by atoms with Gasteiger partial charge in [-0.25, -0.2) is 9.00 Å². The number of aromatic carboxylic acids is 1. The molecule has 0 aliphatic carbocycles. The van der Waals surface area contributed by atoms with Gasteiger partial charge in [-0.15, -0.1) is 0 Å². The molecule has 1 aromatic carbocycles. The first-order chi connectivity index (χ1) is 7.82. The molecular formula is C9H8Cl2O5S. The van der Waals surface area contributed by atoms with E-state index in [4.69, 9.17) is 14.1 Å². The van der Waals surface area contributed by atoms with Crippen molar-refractivity contribution in [2.24, 2.45) is 0 Å². The van der Waals surface area contributed by atoms with Gasteiger partial charge in [0, 0.05) is 28.3 Å². The first-order valence-electron chi connectivity index (χ1n) is 4.09. The molecule has 1 N–H and O–H groups in total. The molecule has 0 radical (unpaired) electrons. The van der Waals surface area contributed by atoms with Gasteiger partial charge in [-0.3, -0.25) is 4.79 Å². The van der Waals surface area contributed by atoms with E-state index in [0.717, 1.165) is 0 Å². The molecule has 8 heteroatoms. The summed E-state index contributed by atoms with van der Waals surface area (Å²) >= 11 is 0. The Kier molecular flexibility index (Phi) is 7.53. The number of ether oxygens (including phenoxy) is 1. The molecule has 0 unspecified atom stereocenters. The summed E-state index contributed by atoms with van der Waals surface area (Å²) in [5.41, 5.74) is 0.163. The Balaban J connectivity index is 0.000000557. The molecule has 0 saturated heterocycles. The summed E-state index contributed by atoms with van der Waals surface area (Å²) in [6, 6.07) is 5.62. The summed E-state index contributed by atoms with van der Waals surface area (Å²) in [6.07, 6.45) is 0. The lowest BCUT2D eigenvalue weighted by Gasteiger charge is -2.00. The second-order valence-electron chi connectivity index (χ2n) is 2.61. The third-order valence-corrected chi connectivity index (χ3v) is 1.36. The standard InChI is InChI=1S/C9H8O4.Cl2OS/c1-6(10)13-8-4-2-7(3-5-8)9(11)12;1-4(2)3/h2-5H,1H3,(H,11,12);. The molecule has 0 aliphatic heterocycles. The van der Waals surface area contributed by atoms with Crippen molar-refractivity contribution >= 4 is 42.5 Å². The summed E-state index contributed by atoms with van der Waals surface area (Å²) in [6.45, 7) is 1.28. The highest BCUT2D eigenvalue weighted by Gasteiger charge is 2.02. The number of carbonyl (C=O) groups excluding carboxylic acids is 1. The van der Waals surface area contributed by atoms with Crippen LogP contribution < -0.4 is 4.74 Å². The van der Waals surface area contributed by atoms with Gasteiger partial charge in [-0.1, -0.05) is 0 Å². The van der Waals surface area contributed by atoms with E-state index in [0.29, 0.717) is 5.75 Å². The molecule has 17 heavy (non-hydrogen) atoms. The maximum atomic E-state index is 10.5. The fourth-order valence-corrected chi connectivity index (χ4v) is 0.832. The monoisotopic (exact) mass is 298 g/mol. The van der Waals surface area contributed by atoms with Gasteiger partial charge in [-0.05, 0) is 24.3 Å². The summed E-state index contributed by atoms with van der Waals surface area (Å²) < 4.78 is 13.8. The second kappa shape index (κ2) is 8.05. The van der Waals surface area contributed by atoms with Crippen molar-refractivity contribution < 1.29 is 23.6 Å². The predicted molar refractivity (Wildman–Crippen MR) is 64.6 cm³/mol. The summed E-state index contributed by atoms with van der Waals surface area (Å²) in [5, 5.41) is 8.55. The van der Waals surface area contributed by atoms with E-state index >= 15 is 0 Å². The van der Waals surface area contributed by atoms with Crippen molar-refractivity contribution in [1.82, 2.24) is 0 Å². The number of benzene rings is 1. The van der Waals surface area contributed by atoms with Gasteiger partial charge in [0.25, 0.3) is 0 Å². The average molecular weight is 299 g/mol. The maximum absolute atomic E-state index is 10.5. The first-order valence-corrected chi connectivity index (χ1v) is 6.89. The smallest absolute Gasteiger partial charge is 0.335 e. The van der Waals surface area contributed by atoms with E-state index in [1.807, 2.05) is 0 Å². The Hall–Kier alpha value is -1.11. The predicted octanol–water partition coefficient (Wildman–Crippen LogP) is 2.35. The van der Waals surface area contributed by atoms with Crippen molar-refractivity contribution in [3.8, 4) is 5.75 Å². The van der Waals surface area contributed by atoms with Crippen LogP contribution in [0.5, 0.6) is 5.75 Å². The Bertz CT molecular complexity index is 414.